The Morgan fingerprint density at radius 1 is 0.909 bits per heavy atom. The molecule has 22 heavy (non-hydrogen) atoms. The van der Waals surface area contributed by atoms with Crippen molar-refractivity contribution in [3.8, 4) is 0 Å². The van der Waals surface area contributed by atoms with Gasteiger partial charge in [0, 0.05) is 0 Å². The van der Waals surface area contributed by atoms with E-state index in [1.165, 1.54) is 6.07 Å². The van der Waals surface area contributed by atoms with Crippen LogP contribution < -0.4 is 0 Å². The molecule has 0 aliphatic carbocycles. The summed E-state index contributed by atoms with van der Waals surface area (Å²) in [6, 6.07) is 12.3. The molecule has 0 spiro atoms. The smallest absolute Gasteiger partial charge is 0.126 e. The van der Waals surface area contributed by atoms with Gasteiger partial charge in [-0.2, -0.15) is 0 Å². The molecule has 0 fully saturated rings. The third-order valence-electron chi connectivity index (χ3n) is 4.31. The zero-order chi connectivity index (χ0) is 16.1. The van der Waals surface area contributed by atoms with E-state index in [0.717, 1.165) is 29.5 Å². The molecule has 0 aliphatic rings. The van der Waals surface area contributed by atoms with Crippen molar-refractivity contribution in [1.29, 1.82) is 0 Å². The van der Waals surface area contributed by atoms with Crippen molar-refractivity contribution >= 4 is 0 Å². The average Bonchev–Trinajstić information content (AvgIpc) is 2.50. The Hall–Kier alpha value is -1.70. The fourth-order valence-electron chi connectivity index (χ4n) is 2.83. The first kappa shape index (κ1) is 16.7. The summed E-state index contributed by atoms with van der Waals surface area (Å²) >= 11 is 0. The molecule has 0 bridgehead atoms. The number of rotatable bonds is 6. The van der Waals surface area contributed by atoms with Crippen molar-refractivity contribution in [1.82, 2.24) is 0 Å². The highest BCUT2D eigenvalue weighted by molar-refractivity contribution is 5.28. The number of benzene rings is 2. The normalized spacial score (nSPS) is 13.9. The Morgan fingerprint density at radius 2 is 1.64 bits per heavy atom. The van der Waals surface area contributed by atoms with E-state index in [4.69, 9.17) is 0 Å². The summed E-state index contributed by atoms with van der Waals surface area (Å²) in [6.07, 6.45) is 2.45. The molecule has 0 radical (unpaired) electrons. The lowest BCUT2D eigenvalue weighted by molar-refractivity contribution is 0.539. The fraction of sp³-hybridized carbons (Fsp3) is 0.400. The van der Waals surface area contributed by atoms with Gasteiger partial charge in [-0.15, -0.1) is 0 Å². The van der Waals surface area contributed by atoms with Crippen LogP contribution in [0.3, 0.4) is 0 Å². The summed E-state index contributed by atoms with van der Waals surface area (Å²) in [5.41, 5.74) is 2.66. The minimum absolute atomic E-state index is 0.125. The molecule has 0 N–H and O–H groups in total. The van der Waals surface area contributed by atoms with Crippen molar-refractivity contribution in [3.05, 3.63) is 70.8 Å². The van der Waals surface area contributed by atoms with E-state index < -0.39 is 0 Å². The van der Waals surface area contributed by atoms with Gasteiger partial charge in [0.15, 0.2) is 0 Å². The molecule has 2 aromatic carbocycles. The maximum absolute atomic E-state index is 13.9. The van der Waals surface area contributed by atoms with Gasteiger partial charge in [-0.25, -0.2) is 8.78 Å². The summed E-state index contributed by atoms with van der Waals surface area (Å²) in [4.78, 5) is 0. The van der Waals surface area contributed by atoms with Gasteiger partial charge in [0.05, 0.1) is 0 Å². The van der Waals surface area contributed by atoms with E-state index in [1.54, 1.807) is 12.1 Å². The minimum Gasteiger partial charge on any atom is -0.207 e. The van der Waals surface area contributed by atoms with E-state index in [1.807, 2.05) is 31.2 Å². The molecule has 2 aromatic rings. The summed E-state index contributed by atoms with van der Waals surface area (Å²) in [5, 5.41) is 0. The standard InChI is InChI=1S/C20H24F2/c1-4-15(3)18-13-16(9-10-20(18)22)11-14(2)12-17-7-5-6-8-19(17)21/h5-10,13-15H,4,11-12H2,1-3H3. The lowest BCUT2D eigenvalue weighted by Crippen LogP contribution is -2.06. The van der Waals surface area contributed by atoms with Crippen LogP contribution in [0, 0.1) is 17.6 Å². The predicted octanol–water partition coefficient (Wildman–Crippen LogP) is 5.90. The van der Waals surface area contributed by atoms with Crippen LogP contribution in [0.2, 0.25) is 0 Å². The van der Waals surface area contributed by atoms with Gasteiger partial charge in [-0.05, 0) is 59.9 Å². The Labute approximate surface area is 132 Å². The van der Waals surface area contributed by atoms with Gasteiger partial charge in [0.1, 0.15) is 11.6 Å². The molecule has 0 aromatic heterocycles. The molecule has 0 amide bonds. The van der Waals surface area contributed by atoms with E-state index >= 15 is 0 Å². The van der Waals surface area contributed by atoms with Gasteiger partial charge < -0.3 is 0 Å². The minimum atomic E-state index is -0.145. The van der Waals surface area contributed by atoms with Crippen LogP contribution in [0.25, 0.3) is 0 Å². The van der Waals surface area contributed by atoms with Crippen molar-refractivity contribution in [2.75, 3.05) is 0 Å². The second kappa shape index (κ2) is 7.53. The summed E-state index contributed by atoms with van der Waals surface area (Å²) < 4.78 is 27.6. The predicted molar refractivity (Wildman–Crippen MR) is 88.1 cm³/mol. The Morgan fingerprint density at radius 3 is 2.32 bits per heavy atom. The average molecular weight is 302 g/mol. The molecule has 0 nitrogen and oxygen atoms in total. The van der Waals surface area contributed by atoms with Crippen molar-refractivity contribution < 1.29 is 8.78 Å². The van der Waals surface area contributed by atoms with Crippen LogP contribution in [-0.2, 0) is 12.8 Å². The molecule has 118 valence electrons. The highest BCUT2D eigenvalue weighted by atomic mass is 19.1. The Bertz CT molecular complexity index is 619. The molecule has 2 rings (SSSR count). The lowest BCUT2D eigenvalue weighted by Gasteiger charge is -2.15. The SMILES string of the molecule is CCC(C)c1cc(CC(C)Cc2ccccc2F)ccc1F. The Balaban J connectivity index is 2.08. The fourth-order valence-corrected chi connectivity index (χ4v) is 2.83. The summed E-state index contributed by atoms with van der Waals surface area (Å²) in [7, 11) is 0. The van der Waals surface area contributed by atoms with Gasteiger partial charge in [-0.3, -0.25) is 0 Å². The zero-order valence-electron chi connectivity index (χ0n) is 13.6. The van der Waals surface area contributed by atoms with Crippen LogP contribution in [0.5, 0.6) is 0 Å². The third-order valence-corrected chi connectivity index (χ3v) is 4.31. The van der Waals surface area contributed by atoms with Gasteiger partial charge in [-0.1, -0.05) is 51.1 Å². The first-order valence-corrected chi connectivity index (χ1v) is 8.03. The van der Waals surface area contributed by atoms with E-state index in [2.05, 4.69) is 13.8 Å². The quantitative estimate of drug-likeness (QED) is 0.623. The van der Waals surface area contributed by atoms with Gasteiger partial charge in [0.2, 0.25) is 0 Å². The van der Waals surface area contributed by atoms with Crippen molar-refractivity contribution in [2.45, 2.75) is 46.0 Å². The van der Waals surface area contributed by atoms with E-state index in [0.29, 0.717) is 12.3 Å². The topological polar surface area (TPSA) is 0 Å². The van der Waals surface area contributed by atoms with Gasteiger partial charge >= 0.3 is 0 Å². The van der Waals surface area contributed by atoms with Crippen LogP contribution >= 0.6 is 0 Å². The second-order valence-corrected chi connectivity index (χ2v) is 6.27. The highest BCUT2D eigenvalue weighted by Gasteiger charge is 2.13. The third kappa shape index (κ3) is 4.16. The molecule has 2 unspecified atom stereocenters. The first-order valence-electron chi connectivity index (χ1n) is 8.03. The molecule has 2 heteroatoms. The van der Waals surface area contributed by atoms with Crippen molar-refractivity contribution in [2.24, 2.45) is 5.92 Å². The van der Waals surface area contributed by atoms with Crippen LogP contribution in [0.1, 0.15) is 49.8 Å². The first-order chi connectivity index (χ1) is 10.5. The monoisotopic (exact) mass is 302 g/mol. The largest absolute Gasteiger partial charge is 0.207 e. The molecule has 2 atom stereocenters. The van der Waals surface area contributed by atoms with Crippen molar-refractivity contribution in [3.63, 3.8) is 0 Å². The second-order valence-electron chi connectivity index (χ2n) is 6.27. The van der Waals surface area contributed by atoms with E-state index in [-0.39, 0.29) is 17.6 Å². The molecular weight excluding hydrogens is 278 g/mol. The summed E-state index contributed by atoms with van der Waals surface area (Å²) in [6.45, 7) is 6.22. The Kier molecular flexibility index (Phi) is 5.70. The number of hydrogen-bond acceptors (Lipinski definition) is 0. The molecule has 0 heterocycles. The molecule has 0 saturated heterocycles. The van der Waals surface area contributed by atoms with Crippen LogP contribution in [0.4, 0.5) is 8.78 Å². The number of halogens is 2. The van der Waals surface area contributed by atoms with E-state index in [9.17, 15) is 8.78 Å². The zero-order valence-corrected chi connectivity index (χ0v) is 13.6. The maximum atomic E-state index is 13.9. The van der Waals surface area contributed by atoms with Crippen LogP contribution in [-0.4, -0.2) is 0 Å². The molecular formula is C20H24F2. The highest BCUT2D eigenvalue weighted by Crippen LogP contribution is 2.25. The number of hydrogen-bond donors (Lipinski definition) is 0. The van der Waals surface area contributed by atoms with Gasteiger partial charge in [0.25, 0.3) is 0 Å². The summed E-state index contributed by atoms with van der Waals surface area (Å²) in [5.74, 6) is 0.266. The van der Waals surface area contributed by atoms with Crippen LogP contribution in [0.15, 0.2) is 42.5 Å². The maximum Gasteiger partial charge on any atom is 0.126 e. The molecule has 0 saturated carbocycles. The lowest BCUT2D eigenvalue weighted by atomic mass is 9.90. The molecule has 0 aliphatic heterocycles.